The molecule has 3 amide bonds. The van der Waals surface area contributed by atoms with Crippen LogP contribution in [0.15, 0.2) is 42.5 Å². The molecular formula is C16H10N4O7. The van der Waals surface area contributed by atoms with Gasteiger partial charge in [0.15, 0.2) is 0 Å². The van der Waals surface area contributed by atoms with E-state index in [1.54, 1.807) is 0 Å². The standard InChI is InChI=1S/C16H10N4O7/c21-14(17-9-2-1-3-10(6-9)19(24)25)8-18-15(22)12-5-4-11(20(26)27)7-13(12)16(18)23/h1-7H,8H2,(H,17,21). The lowest BCUT2D eigenvalue weighted by atomic mass is 10.1. The summed E-state index contributed by atoms with van der Waals surface area (Å²) in [5, 5.41) is 23.9. The van der Waals surface area contributed by atoms with E-state index in [4.69, 9.17) is 0 Å². The van der Waals surface area contributed by atoms with Gasteiger partial charge in [-0.2, -0.15) is 0 Å². The highest BCUT2D eigenvalue weighted by Gasteiger charge is 2.37. The van der Waals surface area contributed by atoms with Crippen LogP contribution in [0, 0.1) is 20.2 Å². The number of hydrogen-bond acceptors (Lipinski definition) is 7. The second-order valence-corrected chi connectivity index (χ2v) is 5.54. The molecule has 1 aliphatic rings. The van der Waals surface area contributed by atoms with Crippen molar-refractivity contribution < 1.29 is 24.2 Å². The Morgan fingerprint density at radius 2 is 1.56 bits per heavy atom. The van der Waals surface area contributed by atoms with Gasteiger partial charge in [-0.1, -0.05) is 6.07 Å². The minimum atomic E-state index is -0.826. The zero-order valence-electron chi connectivity index (χ0n) is 13.4. The van der Waals surface area contributed by atoms with Crippen molar-refractivity contribution in [3.05, 3.63) is 73.8 Å². The van der Waals surface area contributed by atoms with E-state index < -0.39 is 34.1 Å². The van der Waals surface area contributed by atoms with Crippen LogP contribution in [0.3, 0.4) is 0 Å². The van der Waals surface area contributed by atoms with E-state index in [1.807, 2.05) is 0 Å². The molecule has 0 saturated heterocycles. The molecule has 3 rings (SSSR count). The van der Waals surface area contributed by atoms with E-state index >= 15 is 0 Å². The first-order valence-corrected chi connectivity index (χ1v) is 7.47. The smallest absolute Gasteiger partial charge is 0.271 e. The quantitative estimate of drug-likeness (QED) is 0.478. The first-order valence-electron chi connectivity index (χ1n) is 7.47. The van der Waals surface area contributed by atoms with Gasteiger partial charge in [-0.05, 0) is 12.1 Å². The van der Waals surface area contributed by atoms with Crippen LogP contribution in [-0.4, -0.2) is 39.0 Å². The number of amides is 3. The number of nitro groups is 2. The Balaban J connectivity index is 1.76. The van der Waals surface area contributed by atoms with E-state index in [9.17, 15) is 34.6 Å². The largest absolute Gasteiger partial charge is 0.324 e. The maximum Gasteiger partial charge on any atom is 0.271 e. The highest BCUT2D eigenvalue weighted by molar-refractivity contribution is 6.23. The first kappa shape index (κ1) is 17.7. The molecular weight excluding hydrogens is 360 g/mol. The Kier molecular flexibility index (Phi) is 4.34. The number of non-ortho nitro benzene ring substituents is 2. The Morgan fingerprint density at radius 3 is 2.22 bits per heavy atom. The Bertz CT molecular complexity index is 1020. The predicted octanol–water partition coefficient (Wildman–Crippen LogP) is 1.74. The second kappa shape index (κ2) is 6.63. The molecule has 1 N–H and O–H groups in total. The Labute approximate surface area is 150 Å². The summed E-state index contributed by atoms with van der Waals surface area (Å²) in [7, 11) is 0. The van der Waals surface area contributed by atoms with E-state index in [1.165, 1.54) is 18.2 Å². The molecule has 0 bridgehead atoms. The van der Waals surface area contributed by atoms with Crippen molar-refractivity contribution in [2.75, 3.05) is 11.9 Å². The van der Waals surface area contributed by atoms with Crippen molar-refractivity contribution >= 4 is 34.8 Å². The van der Waals surface area contributed by atoms with E-state index in [0.29, 0.717) is 4.90 Å². The minimum Gasteiger partial charge on any atom is -0.324 e. The predicted molar refractivity (Wildman–Crippen MR) is 90.2 cm³/mol. The molecule has 0 aromatic heterocycles. The number of rotatable bonds is 5. The molecule has 0 saturated carbocycles. The van der Waals surface area contributed by atoms with Gasteiger partial charge in [-0.15, -0.1) is 0 Å². The number of nitro benzene ring substituents is 2. The van der Waals surface area contributed by atoms with Crippen molar-refractivity contribution in [2.24, 2.45) is 0 Å². The van der Waals surface area contributed by atoms with E-state index in [-0.39, 0.29) is 28.2 Å². The van der Waals surface area contributed by atoms with Gasteiger partial charge in [0.25, 0.3) is 23.2 Å². The summed E-state index contributed by atoms with van der Waals surface area (Å²) in [5.74, 6) is -2.33. The number of benzene rings is 2. The highest BCUT2D eigenvalue weighted by atomic mass is 16.6. The average molecular weight is 370 g/mol. The zero-order valence-corrected chi connectivity index (χ0v) is 13.4. The lowest BCUT2D eigenvalue weighted by Gasteiger charge is -2.13. The maximum atomic E-state index is 12.3. The van der Waals surface area contributed by atoms with Crippen LogP contribution in [-0.2, 0) is 4.79 Å². The molecule has 136 valence electrons. The molecule has 1 heterocycles. The summed E-state index contributed by atoms with van der Waals surface area (Å²) in [6.07, 6.45) is 0. The van der Waals surface area contributed by atoms with Crippen molar-refractivity contribution in [2.45, 2.75) is 0 Å². The third-order valence-corrected chi connectivity index (χ3v) is 3.81. The summed E-state index contributed by atoms with van der Waals surface area (Å²) >= 11 is 0. The number of carbonyl (C=O) groups excluding carboxylic acids is 3. The monoisotopic (exact) mass is 370 g/mol. The van der Waals surface area contributed by atoms with E-state index in [0.717, 1.165) is 24.3 Å². The average Bonchev–Trinajstić information content (AvgIpc) is 2.86. The molecule has 0 atom stereocenters. The normalized spacial score (nSPS) is 12.7. The number of fused-ring (bicyclic) bond motifs is 1. The van der Waals surface area contributed by atoms with Crippen LogP contribution in [0.2, 0.25) is 0 Å². The van der Waals surface area contributed by atoms with Gasteiger partial charge in [0.05, 0.1) is 21.0 Å². The van der Waals surface area contributed by atoms with Gasteiger partial charge in [-0.25, -0.2) is 0 Å². The molecule has 0 spiro atoms. The third-order valence-electron chi connectivity index (χ3n) is 3.81. The lowest BCUT2D eigenvalue weighted by molar-refractivity contribution is -0.385. The summed E-state index contributed by atoms with van der Waals surface area (Å²) in [6, 6.07) is 8.39. The number of imide groups is 1. The van der Waals surface area contributed by atoms with Crippen LogP contribution in [0.5, 0.6) is 0 Å². The van der Waals surface area contributed by atoms with Gasteiger partial charge >= 0.3 is 0 Å². The Hall–Kier alpha value is -4.15. The molecule has 0 unspecified atom stereocenters. The molecule has 11 heteroatoms. The number of nitrogens with zero attached hydrogens (tertiary/aromatic N) is 3. The fourth-order valence-corrected chi connectivity index (χ4v) is 2.58. The topological polar surface area (TPSA) is 153 Å². The molecule has 2 aromatic carbocycles. The number of anilines is 1. The van der Waals surface area contributed by atoms with Crippen LogP contribution in [0.4, 0.5) is 17.1 Å². The molecule has 0 aliphatic carbocycles. The van der Waals surface area contributed by atoms with Crippen LogP contribution in [0.25, 0.3) is 0 Å². The lowest BCUT2D eigenvalue weighted by Crippen LogP contribution is -2.37. The number of nitrogens with one attached hydrogen (secondary N) is 1. The summed E-state index contributed by atoms with van der Waals surface area (Å²) in [4.78, 5) is 57.6. The van der Waals surface area contributed by atoms with Crippen molar-refractivity contribution in [1.29, 1.82) is 0 Å². The molecule has 11 nitrogen and oxygen atoms in total. The number of carbonyl (C=O) groups is 3. The maximum absolute atomic E-state index is 12.3. The van der Waals surface area contributed by atoms with Crippen LogP contribution >= 0.6 is 0 Å². The van der Waals surface area contributed by atoms with Crippen molar-refractivity contribution in [1.82, 2.24) is 4.90 Å². The molecule has 1 aliphatic heterocycles. The fourth-order valence-electron chi connectivity index (χ4n) is 2.58. The Morgan fingerprint density at radius 1 is 0.926 bits per heavy atom. The van der Waals surface area contributed by atoms with Gasteiger partial charge in [0.2, 0.25) is 5.91 Å². The van der Waals surface area contributed by atoms with Crippen LogP contribution in [0.1, 0.15) is 20.7 Å². The van der Waals surface area contributed by atoms with Crippen molar-refractivity contribution in [3.8, 4) is 0 Å². The first-order chi connectivity index (χ1) is 12.8. The third kappa shape index (κ3) is 3.33. The highest BCUT2D eigenvalue weighted by Crippen LogP contribution is 2.26. The van der Waals surface area contributed by atoms with Gasteiger partial charge in [0.1, 0.15) is 6.54 Å². The van der Waals surface area contributed by atoms with Gasteiger partial charge in [0, 0.05) is 30.0 Å². The number of hydrogen-bond donors (Lipinski definition) is 1. The summed E-state index contributed by atoms with van der Waals surface area (Å²) in [6.45, 7) is -0.636. The minimum absolute atomic E-state index is 0.0336. The molecule has 2 aromatic rings. The summed E-state index contributed by atoms with van der Waals surface area (Å²) in [5.41, 5.74) is -0.647. The van der Waals surface area contributed by atoms with E-state index in [2.05, 4.69) is 5.32 Å². The van der Waals surface area contributed by atoms with Crippen LogP contribution < -0.4 is 5.32 Å². The van der Waals surface area contributed by atoms with Gasteiger partial charge in [-0.3, -0.25) is 39.5 Å². The molecule has 0 fully saturated rings. The fraction of sp³-hybridized carbons (Fsp3) is 0.0625. The molecule has 0 radical (unpaired) electrons. The summed E-state index contributed by atoms with van der Waals surface area (Å²) < 4.78 is 0. The second-order valence-electron chi connectivity index (χ2n) is 5.54. The molecule has 27 heavy (non-hydrogen) atoms. The zero-order chi connectivity index (χ0) is 19.7. The van der Waals surface area contributed by atoms with Crippen molar-refractivity contribution in [3.63, 3.8) is 0 Å². The van der Waals surface area contributed by atoms with Gasteiger partial charge < -0.3 is 5.32 Å². The SMILES string of the molecule is O=C(CN1C(=O)c2ccc([N+](=O)[O-])cc2C1=O)Nc1cccc([N+](=O)[O-])c1.